The third kappa shape index (κ3) is 3.73. The zero-order valence-corrected chi connectivity index (χ0v) is 7.97. The summed E-state index contributed by atoms with van der Waals surface area (Å²) < 4.78 is 6.40. The van der Waals surface area contributed by atoms with Gasteiger partial charge in [-0.25, -0.2) is 0 Å². The van der Waals surface area contributed by atoms with Gasteiger partial charge in [-0.3, -0.25) is 0 Å². The fourth-order valence-electron chi connectivity index (χ4n) is 1.70. The molecular weight excluding hydrogens is 138 g/mol. The summed E-state index contributed by atoms with van der Waals surface area (Å²) in [6.07, 6.45) is 2.52. The minimum Gasteiger partial charge on any atom is -0.381 e. The van der Waals surface area contributed by atoms with Gasteiger partial charge in [0.25, 0.3) is 0 Å². The first-order chi connectivity index (χ1) is 5.08. The molecule has 1 fully saturated rings. The summed E-state index contributed by atoms with van der Waals surface area (Å²) in [6.45, 7) is 3.25. The lowest BCUT2D eigenvalue weighted by molar-refractivity contribution is -0.874. The summed E-state index contributed by atoms with van der Waals surface area (Å²) in [5.74, 6) is 0.892. The second-order valence-corrected chi connectivity index (χ2v) is 4.53. The van der Waals surface area contributed by atoms with Gasteiger partial charge in [-0.2, -0.15) is 0 Å². The van der Waals surface area contributed by atoms with Crippen molar-refractivity contribution in [2.75, 3.05) is 40.9 Å². The van der Waals surface area contributed by atoms with Gasteiger partial charge in [-0.05, 0) is 12.8 Å². The zero-order chi connectivity index (χ0) is 8.32. The van der Waals surface area contributed by atoms with Crippen molar-refractivity contribution in [2.24, 2.45) is 5.92 Å². The van der Waals surface area contributed by atoms with Gasteiger partial charge in [-0.1, -0.05) is 0 Å². The Morgan fingerprint density at radius 2 is 1.73 bits per heavy atom. The Morgan fingerprint density at radius 3 is 2.18 bits per heavy atom. The van der Waals surface area contributed by atoms with Crippen LogP contribution < -0.4 is 0 Å². The standard InChI is InChI=1S/C9H20NO/c1-10(2,3)8-9-4-6-11-7-5-9/h9H,4-8H2,1-3H3/q+1. The highest BCUT2D eigenvalue weighted by molar-refractivity contribution is 4.61. The van der Waals surface area contributed by atoms with Crippen LogP contribution >= 0.6 is 0 Å². The molecule has 0 N–H and O–H groups in total. The number of quaternary nitrogens is 1. The molecule has 0 radical (unpaired) electrons. The molecule has 2 heteroatoms. The van der Waals surface area contributed by atoms with Crippen molar-refractivity contribution in [2.45, 2.75) is 12.8 Å². The molecule has 1 aliphatic rings. The number of hydrogen-bond donors (Lipinski definition) is 0. The molecule has 0 atom stereocenters. The maximum absolute atomic E-state index is 5.31. The first kappa shape index (κ1) is 9.01. The van der Waals surface area contributed by atoms with Gasteiger partial charge < -0.3 is 9.22 Å². The first-order valence-electron chi connectivity index (χ1n) is 4.46. The van der Waals surface area contributed by atoms with E-state index in [4.69, 9.17) is 4.74 Å². The third-order valence-electron chi connectivity index (χ3n) is 2.15. The molecule has 0 aromatic heterocycles. The average Bonchev–Trinajstić information content (AvgIpc) is 1.85. The second-order valence-electron chi connectivity index (χ2n) is 4.53. The lowest BCUT2D eigenvalue weighted by atomic mass is 9.99. The molecule has 11 heavy (non-hydrogen) atoms. The predicted octanol–water partition coefficient (Wildman–Crippen LogP) is 1.12. The van der Waals surface area contributed by atoms with Crippen LogP contribution in [0, 0.1) is 5.92 Å². The molecule has 66 valence electrons. The number of rotatable bonds is 2. The van der Waals surface area contributed by atoms with Crippen molar-refractivity contribution >= 4 is 0 Å². The molecule has 1 heterocycles. The largest absolute Gasteiger partial charge is 0.381 e. The summed E-state index contributed by atoms with van der Waals surface area (Å²) in [6, 6.07) is 0. The molecule has 0 aromatic rings. The van der Waals surface area contributed by atoms with E-state index in [9.17, 15) is 0 Å². The van der Waals surface area contributed by atoms with E-state index in [-0.39, 0.29) is 0 Å². The maximum atomic E-state index is 5.31. The van der Waals surface area contributed by atoms with E-state index >= 15 is 0 Å². The van der Waals surface area contributed by atoms with Crippen LogP contribution in [0.1, 0.15) is 12.8 Å². The molecule has 0 spiro atoms. The Labute approximate surface area is 69.7 Å². The monoisotopic (exact) mass is 158 g/mol. The van der Waals surface area contributed by atoms with Crippen molar-refractivity contribution in [3.63, 3.8) is 0 Å². The van der Waals surface area contributed by atoms with E-state index in [1.165, 1.54) is 19.4 Å². The number of hydrogen-bond acceptors (Lipinski definition) is 1. The Morgan fingerprint density at radius 1 is 1.18 bits per heavy atom. The van der Waals surface area contributed by atoms with Crippen LogP contribution in [0.25, 0.3) is 0 Å². The highest BCUT2D eigenvalue weighted by Crippen LogP contribution is 2.16. The van der Waals surface area contributed by atoms with E-state index in [1.54, 1.807) is 0 Å². The summed E-state index contributed by atoms with van der Waals surface area (Å²) in [7, 11) is 6.78. The first-order valence-corrected chi connectivity index (χ1v) is 4.46. The molecule has 0 bridgehead atoms. The molecule has 0 amide bonds. The van der Waals surface area contributed by atoms with Crippen LogP contribution in [0.15, 0.2) is 0 Å². The molecular formula is C9H20NO+. The molecule has 1 aliphatic heterocycles. The van der Waals surface area contributed by atoms with E-state index in [0.29, 0.717) is 0 Å². The summed E-state index contributed by atoms with van der Waals surface area (Å²) in [5, 5.41) is 0. The summed E-state index contributed by atoms with van der Waals surface area (Å²) in [5.41, 5.74) is 0. The van der Waals surface area contributed by atoms with Gasteiger partial charge in [0.05, 0.1) is 27.7 Å². The third-order valence-corrected chi connectivity index (χ3v) is 2.15. The molecule has 2 nitrogen and oxygen atoms in total. The Kier molecular flexibility index (Phi) is 2.90. The van der Waals surface area contributed by atoms with Crippen LogP contribution in [0.3, 0.4) is 0 Å². The molecule has 1 saturated heterocycles. The number of nitrogens with zero attached hydrogens (tertiary/aromatic N) is 1. The lowest BCUT2D eigenvalue weighted by Gasteiger charge is -2.31. The highest BCUT2D eigenvalue weighted by atomic mass is 16.5. The Hall–Kier alpha value is -0.0800. The zero-order valence-electron chi connectivity index (χ0n) is 7.97. The van der Waals surface area contributed by atoms with Gasteiger partial charge >= 0.3 is 0 Å². The van der Waals surface area contributed by atoms with Crippen LogP contribution in [-0.2, 0) is 4.74 Å². The molecule has 0 saturated carbocycles. The van der Waals surface area contributed by atoms with Crippen LogP contribution in [0.5, 0.6) is 0 Å². The van der Waals surface area contributed by atoms with Crippen LogP contribution in [-0.4, -0.2) is 45.4 Å². The molecule has 0 aliphatic carbocycles. The van der Waals surface area contributed by atoms with Crippen molar-refractivity contribution in [3.8, 4) is 0 Å². The lowest BCUT2D eigenvalue weighted by Crippen LogP contribution is -2.40. The summed E-state index contributed by atoms with van der Waals surface area (Å²) in [4.78, 5) is 0. The number of ether oxygens (including phenoxy) is 1. The second kappa shape index (κ2) is 3.55. The van der Waals surface area contributed by atoms with Gasteiger partial charge in [0.2, 0.25) is 0 Å². The summed E-state index contributed by atoms with van der Waals surface area (Å²) >= 11 is 0. The Balaban J connectivity index is 2.24. The maximum Gasteiger partial charge on any atom is 0.0810 e. The van der Waals surface area contributed by atoms with Gasteiger partial charge in [0.15, 0.2) is 0 Å². The van der Waals surface area contributed by atoms with E-state index in [1.807, 2.05) is 0 Å². The van der Waals surface area contributed by atoms with Crippen molar-refractivity contribution in [3.05, 3.63) is 0 Å². The molecule has 0 unspecified atom stereocenters. The van der Waals surface area contributed by atoms with E-state index < -0.39 is 0 Å². The fourth-order valence-corrected chi connectivity index (χ4v) is 1.70. The Bertz CT molecular complexity index is 111. The van der Waals surface area contributed by atoms with Crippen molar-refractivity contribution in [1.82, 2.24) is 0 Å². The van der Waals surface area contributed by atoms with Crippen molar-refractivity contribution < 1.29 is 9.22 Å². The van der Waals surface area contributed by atoms with Gasteiger partial charge in [-0.15, -0.1) is 0 Å². The van der Waals surface area contributed by atoms with Crippen molar-refractivity contribution in [1.29, 1.82) is 0 Å². The predicted molar refractivity (Wildman–Crippen MR) is 46.4 cm³/mol. The quantitative estimate of drug-likeness (QED) is 0.547. The minimum atomic E-state index is 0.892. The SMILES string of the molecule is C[N+](C)(C)CC1CCOCC1. The smallest absolute Gasteiger partial charge is 0.0810 e. The van der Waals surface area contributed by atoms with Gasteiger partial charge in [0.1, 0.15) is 0 Å². The average molecular weight is 158 g/mol. The highest BCUT2D eigenvalue weighted by Gasteiger charge is 2.20. The fraction of sp³-hybridized carbons (Fsp3) is 1.00. The topological polar surface area (TPSA) is 9.23 Å². The minimum absolute atomic E-state index is 0.892. The van der Waals surface area contributed by atoms with Gasteiger partial charge in [0, 0.05) is 19.1 Å². The van der Waals surface area contributed by atoms with Crippen LogP contribution in [0.2, 0.25) is 0 Å². The molecule has 0 aromatic carbocycles. The van der Waals surface area contributed by atoms with E-state index in [2.05, 4.69) is 21.1 Å². The molecule has 1 rings (SSSR count). The normalized spacial score (nSPS) is 22.1. The van der Waals surface area contributed by atoms with E-state index in [0.717, 1.165) is 23.6 Å². The van der Waals surface area contributed by atoms with Crippen LogP contribution in [0.4, 0.5) is 0 Å².